The number of nitrogens with one attached hydrogen (secondary N) is 3. The van der Waals surface area contributed by atoms with Crippen molar-refractivity contribution in [3.8, 4) is 5.69 Å². The van der Waals surface area contributed by atoms with E-state index in [4.69, 9.17) is 0 Å². The van der Waals surface area contributed by atoms with E-state index >= 15 is 0 Å². The Bertz CT molecular complexity index is 919. The molecule has 4 rings (SSSR count). The lowest BCUT2D eigenvalue weighted by atomic mass is 9.88. The zero-order valence-corrected chi connectivity index (χ0v) is 16.1. The highest BCUT2D eigenvalue weighted by atomic mass is 16.2. The van der Waals surface area contributed by atoms with Crippen molar-refractivity contribution in [1.82, 2.24) is 25.1 Å². The van der Waals surface area contributed by atoms with Crippen LogP contribution < -0.4 is 21.6 Å². The number of piperazine rings is 1. The van der Waals surface area contributed by atoms with Gasteiger partial charge in [0, 0.05) is 38.4 Å². The van der Waals surface area contributed by atoms with Gasteiger partial charge in [-0.25, -0.2) is 9.59 Å². The largest absolute Gasteiger partial charge is 0.354 e. The molecule has 0 radical (unpaired) electrons. The molecule has 28 heavy (non-hydrogen) atoms. The Morgan fingerprint density at radius 3 is 2.79 bits per heavy atom. The molecule has 0 spiro atoms. The lowest BCUT2D eigenvalue weighted by Gasteiger charge is -2.27. The fourth-order valence-corrected chi connectivity index (χ4v) is 3.86. The lowest BCUT2D eigenvalue weighted by molar-refractivity contribution is 0.204. The van der Waals surface area contributed by atoms with Gasteiger partial charge in [0.25, 0.3) is 0 Å². The van der Waals surface area contributed by atoms with E-state index in [9.17, 15) is 9.59 Å². The van der Waals surface area contributed by atoms with E-state index < -0.39 is 5.69 Å². The van der Waals surface area contributed by atoms with Crippen LogP contribution >= 0.6 is 0 Å². The number of aromatic nitrogens is 2. The second-order valence-electron chi connectivity index (χ2n) is 7.31. The minimum Gasteiger partial charge on any atom is -0.322 e. The molecule has 1 aliphatic heterocycles. The number of benzene rings is 1. The maximum atomic E-state index is 12.5. The third-order valence-corrected chi connectivity index (χ3v) is 5.55. The summed E-state index contributed by atoms with van der Waals surface area (Å²) in [6, 6.07) is 8.08. The van der Waals surface area contributed by atoms with E-state index in [1.54, 1.807) is 17.2 Å². The molecule has 2 amide bonds. The Balaban J connectivity index is 1.50. The monoisotopic (exact) mass is 382 g/mol. The Morgan fingerprint density at radius 2 is 2.04 bits per heavy atom. The number of aryl methyl sites for hydroxylation is 1. The number of urea groups is 1. The van der Waals surface area contributed by atoms with Crippen LogP contribution in [0, 0.1) is 0 Å². The van der Waals surface area contributed by atoms with Crippen LogP contribution in [0.4, 0.5) is 10.6 Å². The fraction of sp³-hybridized carbons (Fsp3) is 0.450. The summed E-state index contributed by atoms with van der Waals surface area (Å²) < 4.78 is 1.52. The molecule has 1 atom stereocenters. The van der Waals surface area contributed by atoms with Gasteiger partial charge in [0.15, 0.2) is 0 Å². The van der Waals surface area contributed by atoms with Crippen LogP contribution in [0.25, 0.3) is 5.69 Å². The molecule has 1 unspecified atom stereocenters. The summed E-state index contributed by atoms with van der Waals surface area (Å²) in [7, 11) is 2.00. The average Bonchev–Trinajstić information content (AvgIpc) is 2.73. The summed E-state index contributed by atoms with van der Waals surface area (Å²) in [4.78, 5) is 30.6. The van der Waals surface area contributed by atoms with Gasteiger partial charge < -0.3 is 15.5 Å². The van der Waals surface area contributed by atoms with Crippen LogP contribution in [0.15, 0.2) is 35.3 Å². The van der Waals surface area contributed by atoms with E-state index in [2.05, 4.69) is 33.1 Å². The molecule has 8 nitrogen and oxygen atoms in total. The van der Waals surface area contributed by atoms with Crippen LogP contribution in [0.2, 0.25) is 0 Å². The minimum absolute atomic E-state index is 0.223. The molecule has 1 aliphatic carbocycles. The van der Waals surface area contributed by atoms with Crippen molar-refractivity contribution in [2.24, 2.45) is 0 Å². The number of fused-ring (bicyclic) bond motifs is 1. The molecule has 1 aromatic heterocycles. The molecule has 1 aromatic carbocycles. The molecular formula is C20H26N6O2. The molecule has 148 valence electrons. The highest BCUT2D eigenvalue weighted by Crippen LogP contribution is 2.23. The summed E-state index contributed by atoms with van der Waals surface area (Å²) >= 11 is 0. The smallest absolute Gasteiger partial charge is 0.322 e. The van der Waals surface area contributed by atoms with Gasteiger partial charge in [-0.3, -0.25) is 9.88 Å². The van der Waals surface area contributed by atoms with Gasteiger partial charge in [0.2, 0.25) is 0 Å². The highest BCUT2D eigenvalue weighted by molar-refractivity contribution is 5.88. The van der Waals surface area contributed by atoms with Crippen molar-refractivity contribution >= 4 is 11.8 Å². The minimum atomic E-state index is -0.401. The standard InChI is InChI=1S/C20H26N6O2/c1-21-16-4-2-15-13-17(5-3-14(15)12-16)26-9-6-18(24-20(26)28)23-19(27)25-10-7-22-8-11-25/h3,5-6,9,13,16,21-22H,2,4,7-8,10-12H2,1H3,(H,23,24,27,28). The number of nitrogens with zero attached hydrogens (tertiary/aromatic N) is 3. The lowest BCUT2D eigenvalue weighted by Crippen LogP contribution is -2.48. The van der Waals surface area contributed by atoms with Gasteiger partial charge in [-0.15, -0.1) is 0 Å². The van der Waals surface area contributed by atoms with Gasteiger partial charge >= 0.3 is 11.7 Å². The molecule has 3 N–H and O–H groups in total. The Kier molecular flexibility index (Phi) is 5.40. The topological polar surface area (TPSA) is 91.3 Å². The van der Waals surface area contributed by atoms with E-state index in [1.165, 1.54) is 15.7 Å². The third kappa shape index (κ3) is 3.93. The van der Waals surface area contributed by atoms with Gasteiger partial charge in [-0.2, -0.15) is 4.98 Å². The van der Waals surface area contributed by atoms with Crippen LogP contribution in [0.1, 0.15) is 17.5 Å². The summed E-state index contributed by atoms with van der Waals surface area (Å²) in [5.74, 6) is 0.277. The summed E-state index contributed by atoms with van der Waals surface area (Å²) in [6.07, 6.45) is 4.77. The predicted molar refractivity (Wildman–Crippen MR) is 108 cm³/mol. The zero-order chi connectivity index (χ0) is 19.5. The zero-order valence-electron chi connectivity index (χ0n) is 16.1. The number of amides is 2. The molecule has 1 saturated heterocycles. The molecular weight excluding hydrogens is 356 g/mol. The number of anilines is 1. The van der Waals surface area contributed by atoms with Crippen LogP contribution in [0.5, 0.6) is 0 Å². The SMILES string of the molecule is CNC1CCc2cc(-n3ccc(NC(=O)N4CCNCC4)nc3=O)ccc2C1. The quantitative estimate of drug-likeness (QED) is 0.729. The maximum Gasteiger partial charge on any atom is 0.354 e. The molecule has 2 aliphatic rings. The second kappa shape index (κ2) is 8.12. The van der Waals surface area contributed by atoms with Gasteiger partial charge in [0.1, 0.15) is 5.82 Å². The number of carbonyl (C=O) groups excluding carboxylic acids is 1. The Hall–Kier alpha value is -2.71. The first-order chi connectivity index (χ1) is 13.6. The number of hydrogen-bond acceptors (Lipinski definition) is 5. The number of carbonyl (C=O) groups is 1. The van der Waals surface area contributed by atoms with Crippen molar-refractivity contribution in [2.45, 2.75) is 25.3 Å². The fourth-order valence-electron chi connectivity index (χ4n) is 3.86. The van der Waals surface area contributed by atoms with Crippen molar-refractivity contribution in [3.05, 3.63) is 52.1 Å². The molecule has 2 aromatic rings. The van der Waals surface area contributed by atoms with Gasteiger partial charge in [0.05, 0.1) is 5.69 Å². The van der Waals surface area contributed by atoms with E-state index in [-0.39, 0.29) is 11.8 Å². The van der Waals surface area contributed by atoms with E-state index in [0.717, 1.165) is 38.0 Å². The summed E-state index contributed by atoms with van der Waals surface area (Å²) in [5, 5.41) is 9.26. The van der Waals surface area contributed by atoms with E-state index in [0.29, 0.717) is 19.1 Å². The van der Waals surface area contributed by atoms with Crippen molar-refractivity contribution in [3.63, 3.8) is 0 Å². The van der Waals surface area contributed by atoms with Crippen LogP contribution in [-0.2, 0) is 12.8 Å². The third-order valence-electron chi connectivity index (χ3n) is 5.55. The summed E-state index contributed by atoms with van der Waals surface area (Å²) in [6.45, 7) is 2.84. The Morgan fingerprint density at radius 1 is 1.21 bits per heavy atom. The molecule has 1 fully saturated rings. The molecule has 0 bridgehead atoms. The molecule has 0 saturated carbocycles. The molecule has 8 heteroatoms. The number of likely N-dealkylation sites (N-methyl/N-ethyl adjacent to an activating group) is 1. The predicted octanol–water partition coefficient (Wildman–Crippen LogP) is 0.746. The first-order valence-electron chi connectivity index (χ1n) is 9.80. The number of hydrogen-bond donors (Lipinski definition) is 3. The van der Waals surface area contributed by atoms with E-state index in [1.807, 2.05) is 13.1 Å². The van der Waals surface area contributed by atoms with Crippen LogP contribution in [0.3, 0.4) is 0 Å². The molecule has 2 heterocycles. The first kappa shape index (κ1) is 18.6. The Labute approximate surface area is 164 Å². The van der Waals surface area contributed by atoms with Crippen molar-refractivity contribution in [1.29, 1.82) is 0 Å². The number of rotatable bonds is 3. The van der Waals surface area contributed by atoms with Crippen LogP contribution in [-0.4, -0.2) is 59.8 Å². The normalized spacial score (nSPS) is 19.2. The van der Waals surface area contributed by atoms with Crippen molar-refractivity contribution in [2.75, 3.05) is 38.5 Å². The second-order valence-corrected chi connectivity index (χ2v) is 7.31. The van der Waals surface area contributed by atoms with Gasteiger partial charge in [-0.1, -0.05) is 6.07 Å². The average molecular weight is 382 g/mol. The maximum absolute atomic E-state index is 12.5. The van der Waals surface area contributed by atoms with Crippen molar-refractivity contribution < 1.29 is 4.79 Å². The first-order valence-corrected chi connectivity index (χ1v) is 9.80. The summed E-state index contributed by atoms with van der Waals surface area (Å²) in [5.41, 5.74) is 3.02. The van der Waals surface area contributed by atoms with Gasteiger partial charge in [-0.05, 0) is 55.6 Å². The highest BCUT2D eigenvalue weighted by Gasteiger charge is 2.19.